The predicted molar refractivity (Wildman–Crippen MR) is 146 cm³/mol. The minimum atomic E-state index is -1.17. The third kappa shape index (κ3) is 4.61. The quantitative estimate of drug-likeness (QED) is 0.507. The maximum absolute atomic E-state index is 14.1. The summed E-state index contributed by atoms with van der Waals surface area (Å²) in [6, 6.07) is 16.0. The van der Waals surface area contributed by atoms with Gasteiger partial charge in [0.2, 0.25) is 17.7 Å². The first-order valence-corrected chi connectivity index (χ1v) is 14.1. The molecule has 3 amide bonds. The molecule has 1 spiro atoms. The summed E-state index contributed by atoms with van der Waals surface area (Å²) in [5, 5.41) is 6.19. The van der Waals surface area contributed by atoms with Crippen molar-refractivity contribution in [3.8, 4) is 5.75 Å². The summed E-state index contributed by atoms with van der Waals surface area (Å²) in [4.78, 5) is 43.3. The largest absolute Gasteiger partial charge is 0.494 e. The summed E-state index contributed by atoms with van der Waals surface area (Å²) in [7, 11) is 0. The van der Waals surface area contributed by atoms with Crippen LogP contribution in [0.1, 0.15) is 44.6 Å². The molecule has 2 N–H and O–H groups in total. The molecule has 6 rings (SSSR count). The molecule has 0 aromatic heterocycles. The molecular formula is C31H35N3O5. The monoisotopic (exact) mass is 529 g/mol. The van der Waals surface area contributed by atoms with Crippen LogP contribution in [0.25, 0.3) is 0 Å². The van der Waals surface area contributed by atoms with E-state index in [1.165, 1.54) is 6.42 Å². The average Bonchev–Trinajstić information content (AvgIpc) is 3.59. The van der Waals surface area contributed by atoms with Crippen LogP contribution in [0.4, 0.5) is 5.69 Å². The van der Waals surface area contributed by atoms with E-state index in [0.717, 1.165) is 37.0 Å². The number of likely N-dealkylation sites (tertiary alicyclic amines) is 1. The highest BCUT2D eigenvalue weighted by atomic mass is 16.5. The Bertz CT molecular complexity index is 1260. The highest BCUT2D eigenvalue weighted by Crippen LogP contribution is 2.55. The SMILES string of the molecule is CCOc1ccc(NC(=O)C2[C@@H]3C=CC4(O3)C(C(=O)NC3CCCCC3)N(Cc3ccccc3)C(=O)[C@H]24)cc1. The summed E-state index contributed by atoms with van der Waals surface area (Å²) in [5.74, 6) is -1.51. The average molecular weight is 530 g/mol. The first-order chi connectivity index (χ1) is 19.0. The van der Waals surface area contributed by atoms with E-state index in [2.05, 4.69) is 10.6 Å². The standard InChI is InChI=1S/C31H35N3O5/c1-2-38-23-15-13-22(14-16-23)32-28(35)25-24-17-18-31(39-24)26(25)30(37)34(19-20-9-5-3-6-10-20)27(31)29(36)33-21-11-7-4-8-12-21/h3,5-6,9-10,13-18,21,24-27H,2,4,7-8,11-12,19H2,1H3,(H,32,35)(H,33,36)/t24-,25?,26-,27?,31?/m0/s1. The van der Waals surface area contributed by atoms with Crippen LogP contribution in [-0.4, -0.2) is 53.0 Å². The van der Waals surface area contributed by atoms with E-state index in [1.54, 1.807) is 29.2 Å². The molecule has 3 heterocycles. The lowest BCUT2D eigenvalue weighted by Crippen LogP contribution is -2.56. The molecule has 8 heteroatoms. The molecule has 3 unspecified atom stereocenters. The molecule has 4 aliphatic rings. The molecule has 3 fully saturated rings. The third-order valence-corrected chi connectivity index (χ3v) is 8.51. The fourth-order valence-corrected chi connectivity index (χ4v) is 6.77. The van der Waals surface area contributed by atoms with E-state index in [1.807, 2.05) is 49.4 Å². The van der Waals surface area contributed by atoms with Crippen LogP contribution >= 0.6 is 0 Å². The van der Waals surface area contributed by atoms with E-state index in [4.69, 9.17) is 9.47 Å². The van der Waals surface area contributed by atoms with Gasteiger partial charge < -0.3 is 25.0 Å². The highest BCUT2D eigenvalue weighted by Gasteiger charge is 2.72. The molecule has 2 aromatic carbocycles. The fraction of sp³-hybridized carbons (Fsp3) is 0.452. The van der Waals surface area contributed by atoms with E-state index in [0.29, 0.717) is 12.3 Å². The van der Waals surface area contributed by atoms with Gasteiger partial charge in [0.15, 0.2) is 0 Å². The Morgan fingerprint density at radius 3 is 2.49 bits per heavy atom. The number of carbonyl (C=O) groups is 3. The molecule has 3 aliphatic heterocycles. The van der Waals surface area contributed by atoms with Crippen LogP contribution in [0, 0.1) is 11.8 Å². The zero-order valence-corrected chi connectivity index (χ0v) is 22.2. The molecule has 2 bridgehead atoms. The van der Waals surface area contributed by atoms with Crippen LogP contribution in [0.3, 0.4) is 0 Å². The van der Waals surface area contributed by atoms with Crippen molar-refractivity contribution in [2.24, 2.45) is 11.8 Å². The number of carbonyl (C=O) groups excluding carboxylic acids is 3. The second-order valence-corrected chi connectivity index (χ2v) is 10.9. The Hall–Kier alpha value is -3.65. The summed E-state index contributed by atoms with van der Waals surface area (Å²) < 4.78 is 11.9. The number of nitrogens with zero attached hydrogens (tertiary/aromatic N) is 1. The van der Waals surface area contributed by atoms with Crippen LogP contribution in [-0.2, 0) is 25.7 Å². The van der Waals surface area contributed by atoms with Gasteiger partial charge in [-0.2, -0.15) is 0 Å². The van der Waals surface area contributed by atoms with Gasteiger partial charge in [0.1, 0.15) is 17.4 Å². The second kappa shape index (κ2) is 10.5. The second-order valence-electron chi connectivity index (χ2n) is 10.9. The number of ether oxygens (including phenoxy) is 2. The summed E-state index contributed by atoms with van der Waals surface area (Å²) >= 11 is 0. The van der Waals surface area contributed by atoms with Crippen molar-refractivity contribution < 1.29 is 23.9 Å². The van der Waals surface area contributed by atoms with E-state index in [9.17, 15) is 14.4 Å². The molecule has 2 saturated heterocycles. The fourth-order valence-electron chi connectivity index (χ4n) is 6.77. The van der Waals surface area contributed by atoms with E-state index >= 15 is 0 Å². The molecule has 1 aliphatic carbocycles. The van der Waals surface area contributed by atoms with Gasteiger partial charge in [-0.3, -0.25) is 14.4 Å². The lowest BCUT2D eigenvalue weighted by Gasteiger charge is -2.34. The van der Waals surface area contributed by atoms with Crippen molar-refractivity contribution in [1.82, 2.24) is 10.2 Å². The Balaban J connectivity index is 1.28. The minimum absolute atomic E-state index is 0.0942. The number of rotatable bonds is 8. The summed E-state index contributed by atoms with van der Waals surface area (Å²) in [6.07, 6.45) is 8.37. The minimum Gasteiger partial charge on any atom is -0.494 e. The van der Waals surface area contributed by atoms with Crippen LogP contribution in [0.2, 0.25) is 0 Å². The normalized spacial score (nSPS) is 29.4. The summed E-state index contributed by atoms with van der Waals surface area (Å²) in [5.41, 5.74) is 0.366. The molecule has 39 heavy (non-hydrogen) atoms. The maximum atomic E-state index is 14.1. The van der Waals surface area contributed by atoms with Crippen molar-refractivity contribution in [3.63, 3.8) is 0 Å². The lowest BCUT2D eigenvalue weighted by molar-refractivity contribution is -0.142. The Labute approximate surface area is 228 Å². The maximum Gasteiger partial charge on any atom is 0.246 e. The van der Waals surface area contributed by atoms with Crippen LogP contribution < -0.4 is 15.4 Å². The zero-order chi connectivity index (χ0) is 27.0. The number of nitrogens with one attached hydrogen (secondary N) is 2. The van der Waals surface area contributed by atoms with E-state index < -0.39 is 29.6 Å². The van der Waals surface area contributed by atoms with Gasteiger partial charge in [0.25, 0.3) is 0 Å². The number of benzene rings is 2. The summed E-state index contributed by atoms with van der Waals surface area (Å²) in [6.45, 7) is 2.74. The van der Waals surface area contributed by atoms with Crippen molar-refractivity contribution in [2.75, 3.05) is 11.9 Å². The molecule has 0 radical (unpaired) electrons. The number of anilines is 1. The Morgan fingerprint density at radius 1 is 1.03 bits per heavy atom. The van der Waals surface area contributed by atoms with Gasteiger partial charge >= 0.3 is 0 Å². The topological polar surface area (TPSA) is 97.0 Å². The molecule has 2 aromatic rings. The van der Waals surface area contributed by atoms with Gasteiger partial charge in [-0.05, 0) is 49.6 Å². The first kappa shape index (κ1) is 25.6. The van der Waals surface area contributed by atoms with Crippen molar-refractivity contribution in [1.29, 1.82) is 0 Å². The molecule has 1 saturated carbocycles. The first-order valence-electron chi connectivity index (χ1n) is 14.1. The number of hydrogen-bond acceptors (Lipinski definition) is 5. The van der Waals surface area contributed by atoms with Gasteiger partial charge in [0, 0.05) is 18.3 Å². The molecule has 5 atom stereocenters. The Kier molecular flexibility index (Phi) is 6.89. The predicted octanol–water partition coefficient (Wildman–Crippen LogP) is 3.82. The number of amides is 3. The molecule has 8 nitrogen and oxygen atoms in total. The van der Waals surface area contributed by atoms with Crippen molar-refractivity contribution >= 4 is 23.4 Å². The third-order valence-electron chi connectivity index (χ3n) is 8.51. The van der Waals surface area contributed by atoms with Crippen LogP contribution in [0.5, 0.6) is 5.75 Å². The van der Waals surface area contributed by atoms with E-state index in [-0.39, 0.29) is 30.3 Å². The number of hydrogen-bond donors (Lipinski definition) is 2. The Morgan fingerprint density at radius 2 is 1.77 bits per heavy atom. The lowest BCUT2D eigenvalue weighted by atomic mass is 9.74. The molecule has 204 valence electrons. The van der Waals surface area contributed by atoms with Gasteiger partial charge in [-0.1, -0.05) is 61.7 Å². The molecular weight excluding hydrogens is 494 g/mol. The van der Waals surface area contributed by atoms with Crippen LogP contribution in [0.15, 0.2) is 66.7 Å². The van der Waals surface area contributed by atoms with Gasteiger partial charge in [0.05, 0.1) is 24.5 Å². The highest BCUT2D eigenvalue weighted by molar-refractivity contribution is 6.02. The zero-order valence-electron chi connectivity index (χ0n) is 22.2. The van der Waals surface area contributed by atoms with Crippen molar-refractivity contribution in [2.45, 2.75) is 69.4 Å². The van der Waals surface area contributed by atoms with Gasteiger partial charge in [-0.15, -0.1) is 0 Å². The van der Waals surface area contributed by atoms with Crippen molar-refractivity contribution in [3.05, 3.63) is 72.3 Å². The smallest absolute Gasteiger partial charge is 0.246 e. The van der Waals surface area contributed by atoms with Gasteiger partial charge in [-0.25, -0.2) is 0 Å². The number of fused-ring (bicyclic) bond motifs is 1.